The zero-order valence-corrected chi connectivity index (χ0v) is 10.8. The van der Waals surface area contributed by atoms with E-state index in [1.54, 1.807) is 20.8 Å². The van der Waals surface area contributed by atoms with Gasteiger partial charge in [0, 0.05) is 0 Å². The standard InChI is InChI=1S/C12H18O6/c1-11(2,3)9(15)17-7-18-10(16)12(8(13)14)5-4-6-12/h4-7H2,1-3H3,(H,13,14). The van der Waals surface area contributed by atoms with Crippen LogP contribution in [0.25, 0.3) is 0 Å². The van der Waals surface area contributed by atoms with Crippen molar-refractivity contribution in [3.05, 3.63) is 0 Å². The van der Waals surface area contributed by atoms with Crippen LogP contribution in [0.3, 0.4) is 0 Å². The van der Waals surface area contributed by atoms with Gasteiger partial charge in [0.15, 0.2) is 5.41 Å². The monoisotopic (exact) mass is 258 g/mol. The van der Waals surface area contributed by atoms with Gasteiger partial charge in [0.05, 0.1) is 5.41 Å². The Morgan fingerprint density at radius 2 is 1.72 bits per heavy atom. The fourth-order valence-electron chi connectivity index (χ4n) is 1.53. The summed E-state index contributed by atoms with van der Waals surface area (Å²) in [6, 6.07) is 0. The van der Waals surface area contributed by atoms with Crippen LogP contribution in [0, 0.1) is 10.8 Å². The lowest BCUT2D eigenvalue weighted by Gasteiger charge is -2.34. The summed E-state index contributed by atoms with van der Waals surface area (Å²) < 4.78 is 9.46. The molecule has 0 aliphatic heterocycles. The normalized spacial score (nSPS) is 17.5. The predicted octanol–water partition coefficient (Wildman–Crippen LogP) is 1.33. The van der Waals surface area contributed by atoms with Crippen LogP contribution in [0.15, 0.2) is 0 Å². The number of rotatable bonds is 4. The van der Waals surface area contributed by atoms with Crippen molar-refractivity contribution in [2.45, 2.75) is 40.0 Å². The highest BCUT2D eigenvalue weighted by Crippen LogP contribution is 2.42. The van der Waals surface area contributed by atoms with Crippen molar-refractivity contribution in [2.75, 3.05) is 6.79 Å². The van der Waals surface area contributed by atoms with E-state index in [2.05, 4.69) is 0 Å². The fraction of sp³-hybridized carbons (Fsp3) is 0.750. The smallest absolute Gasteiger partial charge is 0.326 e. The Balaban J connectivity index is 2.43. The van der Waals surface area contributed by atoms with Crippen LogP contribution in [-0.4, -0.2) is 29.8 Å². The Kier molecular flexibility index (Phi) is 3.98. The van der Waals surface area contributed by atoms with Crippen molar-refractivity contribution in [3.63, 3.8) is 0 Å². The maximum absolute atomic E-state index is 11.6. The molecule has 102 valence electrons. The summed E-state index contributed by atoms with van der Waals surface area (Å²) >= 11 is 0. The van der Waals surface area contributed by atoms with Gasteiger partial charge in [0.1, 0.15) is 0 Å². The average molecular weight is 258 g/mol. The van der Waals surface area contributed by atoms with Crippen LogP contribution in [0.5, 0.6) is 0 Å². The highest BCUT2D eigenvalue weighted by Gasteiger charge is 2.52. The minimum Gasteiger partial charge on any atom is -0.480 e. The summed E-state index contributed by atoms with van der Waals surface area (Å²) in [6.07, 6.45) is 1.23. The largest absolute Gasteiger partial charge is 0.480 e. The molecule has 0 saturated heterocycles. The van der Waals surface area contributed by atoms with Gasteiger partial charge in [-0.05, 0) is 40.0 Å². The predicted molar refractivity (Wildman–Crippen MR) is 60.4 cm³/mol. The van der Waals surface area contributed by atoms with E-state index in [0.717, 1.165) is 0 Å². The topological polar surface area (TPSA) is 89.9 Å². The van der Waals surface area contributed by atoms with Crippen LogP contribution in [0.4, 0.5) is 0 Å². The summed E-state index contributed by atoms with van der Waals surface area (Å²) in [6.45, 7) is 4.47. The minimum atomic E-state index is -1.44. The molecule has 0 spiro atoms. The first-order valence-corrected chi connectivity index (χ1v) is 5.78. The van der Waals surface area contributed by atoms with Crippen molar-refractivity contribution >= 4 is 17.9 Å². The number of carbonyl (C=O) groups is 3. The van der Waals surface area contributed by atoms with Gasteiger partial charge in [0.25, 0.3) is 0 Å². The number of carbonyl (C=O) groups excluding carboxylic acids is 2. The number of carboxylic acid groups (broad SMARTS) is 1. The third-order valence-corrected chi connectivity index (χ3v) is 3.00. The zero-order chi connectivity index (χ0) is 14.0. The maximum atomic E-state index is 11.6. The number of hydrogen-bond acceptors (Lipinski definition) is 5. The first-order chi connectivity index (χ1) is 8.20. The van der Waals surface area contributed by atoms with Gasteiger partial charge < -0.3 is 14.6 Å². The lowest BCUT2D eigenvalue weighted by atomic mass is 9.69. The molecular formula is C12H18O6. The summed E-state index contributed by atoms with van der Waals surface area (Å²) in [7, 11) is 0. The number of esters is 2. The van der Waals surface area contributed by atoms with Gasteiger partial charge in [-0.3, -0.25) is 14.4 Å². The molecule has 6 nitrogen and oxygen atoms in total. The number of aliphatic carboxylic acids is 1. The van der Waals surface area contributed by atoms with Crippen LogP contribution < -0.4 is 0 Å². The molecule has 0 aromatic carbocycles. The Hall–Kier alpha value is -1.59. The lowest BCUT2D eigenvalue weighted by molar-refractivity contribution is -0.188. The summed E-state index contributed by atoms with van der Waals surface area (Å²) in [5.41, 5.74) is -2.12. The SMILES string of the molecule is CC(C)(C)C(=O)OCOC(=O)C1(C(=O)O)CCC1. The summed E-state index contributed by atoms with van der Waals surface area (Å²) in [5.74, 6) is -2.52. The van der Waals surface area contributed by atoms with E-state index in [9.17, 15) is 14.4 Å². The minimum absolute atomic E-state index is 0.272. The molecule has 0 radical (unpaired) electrons. The van der Waals surface area contributed by atoms with Crippen molar-refractivity contribution in [1.82, 2.24) is 0 Å². The molecule has 1 aliphatic carbocycles. The Morgan fingerprint density at radius 3 is 2.06 bits per heavy atom. The molecule has 0 amide bonds. The van der Waals surface area contributed by atoms with E-state index in [0.29, 0.717) is 6.42 Å². The molecule has 0 atom stereocenters. The first-order valence-electron chi connectivity index (χ1n) is 5.78. The van der Waals surface area contributed by atoms with Crippen molar-refractivity contribution in [3.8, 4) is 0 Å². The molecule has 0 aromatic rings. The third kappa shape index (κ3) is 2.80. The second kappa shape index (κ2) is 4.96. The first kappa shape index (κ1) is 14.5. The fourth-order valence-corrected chi connectivity index (χ4v) is 1.53. The van der Waals surface area contributed by atoms with E-state index < -0.39 is 35.5 Å². The maximum Gasteiger partial charge on any atom is 0.326 e. The van der Waals surface area contributed by atoms with E-state index in [1.807, 2.05) is 0 Å². The molecule has 0 aromatic heterocycles. The molecule has 6 heteroatoms. The van der Waals surface area contributed by atoms with E-state index in [4.69, 9.17) is 14.6 Å². The Bertz CT molecular complexity index is 361. The molecule has 1 saturated carbocycles. The molecular weight excluding hydrogens is 240 g/mol. The van der Waals surface area contributed by atoms with Gasteiger partial charge in [-0.15, -0.1) is 0 Å². The Labute approximate surface area is 105 Å². The van der Waals surface area contributed by atoms with Crippen LogP contribution in [0.1, 0.15) is 40.0 Å². The zero-order valence-electron chi connectivity index (χ0n) is 10.8. The summed E-state index contributed by atoms with van der Waals surface area (Å²) in [4.78, 5) is 34.0. The van der Waals surface area contributed by atoms with E-state index >= 15 is 0 Å². The van der Waals surface area contributed by atoms with Crippen LogP contribution in [0.2, 0.25) is 0 Å². The number of carboxylic acids is 1. The highest BCUT2D eigenvalue weighted by atomic mass is 16.7. The molecule has 0 unspecified atom stereocenters. The van der Waals surface area contributed by atoms with Gasteiger partial charge in [-0.25, -0.2) is 0 Å². The molecule has 18 heavy (non-hydrogen) atoms. The number of ether oxygens (including phenoxy) is 2. The van der Waals surface area contributed by atoms with Gasteiger partial charge >= 0.3 is 17.9 Å². The van der Waals surface area contributed by atoms with E-state index in [1.165, 1.54) is 0 Å². The van der Waals surface area contributed by atoms with Gasteiger partial charge in [-0.2, -0.15) is 0 Å². The van der Waals surface area contributed by atoms with Crippen molar-refractivity contribution < 1.29 is 29.0 Å². The molecule has 0 bridgehead atoms. The van der Waals surface area contributed by atoms with Crippen molar-refractivity contribution in [1.29, 1.82) is 0 Å². The van der Waals surface area contributed by atoms with E-state index in [-0.39, 0.29) is 12.8 Å². The molecule has 0 heterocycles. The molecule has 1 rings (SSSR count). The quantitative estimate of drug-likeness (QED) is 0.465. The molecule has 1 N–H and O–H groups in total. The van der Waals surface area contributed by atoms with Crippen LogP contribution >= 0.6 is 0 Å². The second-order valence-electron chi connectivity index (χ2n) is 5.47. The molecule has 1 fully saturated rings. The lowest BCUT2D eigenvalue weighted by Crippen LogP contribution is -2.46. The average Bonchev–Trinajstić information content (AvgIpc) is 2.13. The van der Waals surface area contributed by atoms with Crippen LogP contribution in [-0.2, 0) is 23.9 Å². The van der Waals surface area contributed by atoms with Crippen molar-refractivity contribution in [2.24, 2.45) is 10.8 Å². The van der Waals surface area contributed by atoms with Gasteiger partial charge in [0.2, 0.25) is 6.79 Å². The van der Waals surface area contributed by atoms with Gasteiger partial charge in [-0.1, -0.05) is 0 Å². The number of hydrogen-bond donors (Lipinski definition) is 1. The highest BCUT2D eigenvalue weighted by molar-refractivity contribution is 6.00. The molecule has 1 aliphatic rings. The summed E-state index contributed by atoms with van der Waals surface area (Å²) in [5, 5.41) is 8.98. The third-order valence-electron chi connectivity index (χ3n) is 3.00. The Morgan fingerprint density at radius 1 is 1.17 bits per heavy atom. The second-order valence-corrected chi connectivity index (χ2v) is 5.47.